The lowest BCUT2D eigenvalue weighted by Crippen LogP contribution is -2.28. The number of carboxylic acid groups (broad SMARTS) is 1. The number of hydrogen-bond donors (Lipinski definition) is 1. The number of likely N-dealkylation sites (tertiary alicyclic amines) is 1. The van der Waals surface area contributed by atoms with Gasteiger partial charge in [0.1, 0.15) is 5.82 Å². The summed E-state index contributed by atoms with van der Waals surface area (Å²) in [6, 6.07) is 7.19. The van der Waals surface area contributed by atoms with Crippen LogP contribution in [0.4, 0.5) is 4.39 Å². The highest BCUT2D eigenvalue weighted by atomic mass is 19.1. The molecule has 0 unspecified atom stereocenters. The third-order valence-electron chi connectivity index (χ3n) is 3.88. The molecule has 104 valence electrons. The second-order valence-electron chi connectivity index (χ2n) is 5.33. The second kappa shape index (κ2) is 6.15. The summed E-state index contributed by atoms with van der Waals surface area (Å²) in [6.45, 7) is 3.93. The van der Waals surface area contributed by atoms with E-state index in [0.717, 1.165) is 19.5 Å². The summed E-state index contributed by atoms with van der Waals surface area (Å²) in [5.41, 5.74) is 1.17. The van der Waals surface area contributed by atoms with Gasteiger partial charge in [0.2, 0.25) is 0 Å². The van der Waals surface area contributed by atoms with E-state index in [4.69, 9.17) is 5.11 Å². The third kappa shape index (κ3) is 3.77. The molecule has 0 spiro atoms. The van der Waals surface area contributed by atoms with Crippen molar-refractivity contribution >= 4 is 5.97 Å². The van der Waals surface area contributed by atoms with Gasteiger partial charge in [-0.3, -0.25) is 4.79 Å². The Balaban J connectivity index is 1.89. The number of aliphatic carboxylic acids is 1. The van der Waals surface area contributed by atoms with Crippen molar-refractivity contribution in [3.8, 4) is 0 Å². The minimum atomic E-state index is -0.734. The summed E-state index contributed by atoms with van der Waals surface area (Å²) in [5, 5.41) is 8.66. The molecule has 1 saturated heterocycles. The maximum atomic E-state index is 12.9. The van der Waals surface area contributed by atoms with Crippen molar-refractivity contribution in [1.29, 1.82) is 0 Å². The van der Waals surface area contributed by atoms with Crippen LogP contribution in [0.1, 0.15) is 37.7 Å². The van der Waals surface area contributed by atoms with Gasteiger partial charge in [0, 0.05) is 19.0 Å². The van der Waals surface area contributed by atoms with Gasteiger partial charge in [-0.05, 0) is 49.9 Å². The highest BCUT2D eigenvalue weighted by Gasteiger charge is 2.29. The maximum Gasteiger partial charge on any atom is 0.303 e. The first kappa shape index (κ1) is 14.0. The smallest absolute Gasteiger partial charge is 0.303 e. The number of benzene rings is 1. The van der Waals surface area contributed by atoms with Gasteiger partial charge in [0.25, 0.3) is 0 Å². The molecule has 2 rings (SSSR count). The molecule has 1 aliphatic rings. The quantitative estimate of drug-likeness (QED) is 0.890. The van der Waals surface area contributed by atoms with E-state index >= 15 is 0 Å². The maximum absolute atomic E-state index is 12.9. The van der Waals surface area contributed by atoms with Crippen LogP contribution >= 0.6 is 0 Å². The fourth-order valence-corrected chi connectivity index (χ4v) is 2.82. The normalized spacial score (nSPS) is 23.7. The summed E-state index contributed by atoms with van der Waals surface area (Å²) in [6.07, 6.45) is 1.97. The topological polar surface area (TPSA) is 40.5 Å². The monoisotopic (exact) mass is 265 g/mol. The lowest BCUT2D eigenvalue weighted by Gasteiger charge is -2.20. The molecule has 2 atom stereocenters. The predicted molar refractivity (Wildman–Crippen MR) is 71.7 cm³/mol. The Kier molecular flexibility index (Phi) is 4.53. The molecule has 3 nitrogen and oxygen atoms in total. The molecular weight excluding hydrogens is 245 g/mol. The Morgan fingerprint density at radius 1 is 1.42 bits per heavy atom. The first-order valence-electron chi connectivity index (χ1n) is 6.77. The fourth-order valence-electron chi connectivity index (χ4n) is 2.82. The first-order chi connectivity index (χ1) is 9.06. The molecule has 1 fully saturated rings. The highest BCUT2D eigenvalue weighted by molar-refractivity contribution is 5.66. The van der Waals surface area contributed by atoms with Gasteiger partial charge >= 0.3 is 5.97 Å². The molecule has 0 aromatic heterocycles. The largest absolute Gasteiger partial charge is 0.481 e. The van der Waals surface area contributed by atoms with Crippen LogP contribution in [0.15, 0.2) is 24.3 Å². The number of nitrogens with zero attached hydrogens (tertiary/aromatic N) is 1. The van der Waals surface area contributed by atoms with E-state index in [1.165, 1.54) is 17.7 Å². The SMILES string of the molecule is C[C@@H]1C[C@@H](c2ccc(F)cc2)CN1CCCC(=O)O. The summed E-state index contributed by atoms with van der Waals surface area (Å²) in [4.78, 5) is 12.8. The molecule has 0 bridgehead atoms. The molecule has 0 saturated carbocycles. The Morgan fingerprint density at radius 3 is 2.74 bits per heavy atom. The summed E-state index contributed by atoms with van der Waals surface area (Å²) < 4.78 is 12.9. The van der Waals surface area contributed by atoms with E-state index in [1.807, 2.05) is 12.1 Å². The molecule has 1 aromatic rings. The van der Waals surface area contributed by atoms with Crippen molar-refractivity contribution in [2.75, 3.05) is 13.1 Å². The van der Waals surface area contributed by atoms with Gasteiger partial charge in [0.15, 0.2) is 0 Å². The average Bonchev–Trinajstić information content (AvgIpc) is 2.71. The summed E-state index contributed by atoms with van der Waals surface area (Å²) in [5.74, 6) is -0.504. The van der Waals surface area contributed by atoms with Gasteiger partial charge < -0.3 is 10.0 Å². The molecule has 0 amide bonds. The van der Waals surface area contributed by atoms with Crippen LogP contribution in [0.3, 0.4) is 0 Å². The number of carboxylic acids is 1. The van der Waals surface area contributed by atoms with Crippen molar-refractivity contribution in [2.24, 2.45) is 0 Å². The average molecular weight is 265 g/mol. The van der Waals surface area contributed by atoms with Crippen LogP contribution in [-0.2, 0) is 4.79 Å². The zero-order valence-electron chi connectivity index (χ0n) is 11.2. The van der Waals surface area contributed by atoms with Crippen molar-refractivity contribution in [2.45, 2.75) is 38.1 Å². The number of hydrogen-bond acceptors (Lipinski definition) is 2. The van der Waals surface area contributed by atoms with Crippen molar-refractivity contribution in [3.63, 3.8) is 0 Å². The van der Waals surface area contributed by atoms with Crippen LogP contribution in [0, 0.1) is 5.82 Å². The zero-order chi connectivity index (χ0) is 13.8. The Morgan fingerprint density at radius 2 is 2.11 bits per heavy atom. The van der Waals surface area contributed by atoms with Gasteiger partial charge in [-0.1, -0.05) is 12.1 Å². The second-order valence-corrected chi connectivity index (χ2v) is 5.33. The molecule has 0 radical (unpaired) electrons. The molecular formula is C15H20FNO2. The molecule has 1 N–H and O–H groups in total. The van der Waals surface area contributed by atoms with Crippen LogP contribution < -0.4 is 0 Å². The highest BCUT2D eigenvalue weighted by Crippen LogP contribution is 2.31. The molecule has 0 aliphatic carbocycles. The molecule has 1 heterocycles. The fraction of sp³-hybridized carbons (Fsp3) is 0.533. The van der Waals surface area contributed by atoms with E-state index < -0.39 is 5.97 Å². The molecule has 1 aliphatic heterocycles. The van der Waals surface area contributed by atoms with Crippen LogP contribution in [0.5, 0.6) is 0 Å². The van der Waals surface area contributed by atoms with E-state index in [-0.39, 0.29) is 12.2 Å². The third-order valence-corrected chi connectivity index (χ3v) is 3.88. The Hall–Kier alpha value is -1.42. The van der Waals surface area contributed by atoms with Crippen molar-refractivity contribution < 1.29 is 14.3 Å². The lowest BCUT2D eigenvalue weighted by atomic mass is 9.97. The van der Waals surface area contributed by atoms with Gasteiger partial charge in [0.05, 0.1) is 0 Å². The molecule has 4 heteroatoms. The standard InChI is InChI=1S/C15H20FNO2/c1-11-9-13(12-4-6-14(16)7-5-12)10-17(11)8-2-3-15(18)19/h4-7,11,13H,2-3,8-10H2,1H3,(H,18,19)/t11-,13-/m1/s1. The van der Waals surface area contributed by atoms with Gasteiger partial charge in [-0.2, -0.15) is 0 Å². The van der Waals surface area contributed by atoms with E-state index in [9.17, 15) is 9.18 Å². The van der Waals surface area contributed by atoms with Crippen molar-refractivity contribution in [1.82, 2.24) is 4.90 Å². The zero-order valence-corrected chi connectivity index (χ0v) is 11.2. The summed E-state index contributed by atoms with van der Waals surface area (Å²) in [7, 11) is 0. The van der Waals surface area contributed by atoms with Crippen molar-refractivity contribution in [3.05, 3.63) is 35.6 Å². The van der Waals surface area contributed by atoms with Crippen LogP contribution in [-0.4, -0.2) is 35.1 Å². The predicted octanol–water partition coefficient (Wildman–Crippen LogP) is 2.87. The Labute approximate surface area is 113 Å². The number of halogens is 1. The molecule has 1 aromatic carbocycles. The van der Waals surface area contributed by atoms with E-state index in [2.05, 4.69) is 11.8 Å². The van der Waals surface area contributed by atoms with Crippen LogP contribution in [0.25, 0.3) is 0 Å². The van der Waals surface area contributed by atoms with E-state index in [1.54, 1.807) is 0 Å². The summed E-state index contributed by atoms with van der Waals surface area (Å²) >= 11 is 0. The minimum Gasteiger partial charge on any atom is -0.481 e. The van der Waals surface area contributed by atoms with E-state index in [0.29, 0.717) is 18.4 Å². The number of rotatable bonds is 5. The van der Waals surface area contributed by atoms with Gasteiger partial charge in [-0.25, -0.2) is 4.39 Å². The Bertz CT molecular complexity index is 432. The molecule has 19 heavy (non-hydrogen) atoms. The minimum absolute atomic E-state index is 0.201. The number of carbonyl (C=O) groups is 1. The van der Waals surface area contributed by atoms with Crippen LogP contribution in [0.2, 0.25) is 0 Å². The lowest BCUT2D eigenvalue weighted by molar-refractivity contribution is -0.137. The first-order valence-corrected chi connectivity index (χ1v) is 6.77. The van der Waals surface area contributed by atoms with Gasteiger partial charge in [-0.15, -0.1) is 0 Å².